The summed E-state index contributed by atoms with van der Waals surface area (Å²) in [5, 5.41) is 0. The average molecular weight is 280 g/mol. The van der Waals surface area contributed by atoms with Crippen LogP contribution in [0.5, 0.6) is 5.88 Å². The number of halogens is 2. The fraction of sp³-hybridized carbons (Fsp3) is 0.267. The quantitative estimate of drug-likeness (QED) is 0.590. The molecule has 4 heteroatoms. The van der Waals surface area contributed by atoms with Crippen molar-refractivity contribution >= 4 is 11.6 Å². The second kappa shape index (κ2) is 7.10. The Bertz CT molecular complexity index is 519. The topological polar surface area (TPSA) is 22.1 Å². The van der Waals surface area contributed by atoms with Crippen molar-refractivity contribution in [3.63, 3.8) is 0 Å². The van der Waals surface area contributed by atoms with Crippen molar-refractivity contribution in [2.45, 2.75) is 18.7 Å². The summed E-state index contributed by atoms with van der Waals surface area (Å²) >= 11 is 5.62. The van der Waals surface area contributed by atoms with E-state index in [1.165, 1.54) is 11.8 Å². The number of pyridine rings is 1. The Morgan fingerprint density at radius 2 is 1.95 bits per heavy atom. The Morgan fingerprint density at radius 1 is 1.16 bits per heavy atom. The Morgan fingerprint density at radius 3 is 2.68 bits per heavy atom. The molecule has 0 unspecified atom stereocenters. The van der Waals surface area contributed by atoms with Crippen LogP contribution >= 0.6 is 11.6 Å². The number of nitrogens with zero attached hydrogens (tertiary/aromatic N) is 1. The van der Waals surface area contributed by atoms with Crippen LogP contribution in [0.3, 0.4) is 0 Å². The van der Waals surface area contributed by atoms with Crippen LogP contribution in [0, 0.1) is 5.82 Å². The van der Waals surface area contributed by atoms with Crippen LogP contribution < -0.4 is 4.74 Å². The molecule has 0 saturated carbocycles. The summed E-state index contributed by atoms with van der Waals surface area (Å²) in [7, 11) is 0. The number of aryl methyl sites for hydroxylation is 1. The van der Waals surface area contributed by atoms with Gasteiger partial charge in [0.05, 0.1) is 12.5 Å². The summed E-state index contributed by atoms with van der Waals surface area (Å²) in [6.45, 7) is 0.435. The predicted octanol–water partition coefficient (Wildman–Crippen LogP) is 3.97. The van der Waals surface area contributed by atoms with Gasteiger partial charge in [-0.05, 0) is 24.5 Å². The van der Waals surface area contributed by atoms with Crippen molar-refractivity contribution in [2.24, 2.45) is 0 Å². The van der Waals surface area contributed by atoms with Gasteiger partial charge in [0, 0.05) is 11.8 Å². The van der Waals surface area contributed by atoms with Gasteiger partial charge in [-0.2, -0.15) is 0 Å². The maximum atomic E-state index is 13.8. The van der Waals surface area contributed by atoms with E-state index < -0.39 is 5.82 Å². The summed E-state index contributed by atoms with van der Waals surface area (Å²) in [6.07, 6.45) is 3.22. The molecule has 0 bridgehead atoms. The van der Waals surface area contributed by atoms with Gasteiger partial charge in [0.25, 0.3) is 5.88 Å². The van der Waals surface area contributed by atoms with Gasteiger partial charge in [-0.15, -0.1) is 11.6 Å². The summed E-state index contributed by atoms with van der Waals surface area (Å²) in [4.78, 5) is 3.88. The second-order valence-corrected chi connectivity index (χ2v) is 4.43. The number of benzene rings is 1. The van der Waals surface area contributed by atoms with Crippen molar-refractivity contribution in [2.75, 3.05) is 6.61 Å². The molecule has 1 aromatic carbocycles. The van der Waals surface area contributed by atoms with E-state index in [0.29, 0.717) is 12.2 Å². The molecule has 0 N–H and O–H groups in total. The minimum atomic E-state index is -0.461. The standard InChI is InChI=1S/C15H15ClFNO/c16-11-13-8-9-18-15(14(13)17)19-10-4-7-12-5-2-1-3-6-12/h1-3,5-6,8-9H,4,7,10-11H2. The molecule has 0 saturated heterocycles. The van der Waals surface area contributed by atoms with Crippen LogP contribution in [0.2, 0.25) is 0 Å². The van der Waals surface area contributed by atoms with Gasteiger partial charge in [0.1, 0.15) is 0 Å². The highest BCUT2D eigenvalue weighted by molar-refractivity contribution is 6.17. The lowest BCUT2D eigenvalue weighted by atomic mass is 10.1. The van der Waals surface area contributed by atoms with Crippen LogP contribution in [0.4, 0.5) is 4.39 Å². The zero-order chi connectivity index (χ0) is 13.5. The molecule has 2 nitrogen and oxygen atoms in total. The SMILES string of the molecule is Fc1c(CCl)ccnc1OCCCc1ccccc1. The van der Waals surface area contributed by atoms with E-state index in [-0.39, 0.29) is 11.8 Å². The van der Waals surface area contributed by atoms with Gasteiger partial charge < -0.3 is 4.74 Å². The highest BCUT2D eigenvalue weighted by Gasteiger charge is 2.09. The molecule has 2 aromatic rings. The van der Waals surface area contributed by atoms with Gasteiger partial charge in [-0.3, -0.25) is 0 Å². The van der Waals surface area contributed by atoms with Crippen LogP contribution in [-0.2, 0) is 12.3 Å². The fourth-order valence-corrected chi connectivity index (χ4v) is 1.96. The first kappa shape index (κ1) is 13.8. The lowest BCUT2D eigenvalue weighted by molar-refractivity contribution is 0.282. The molecule has 0 aliphatic heterocycles. The van der Waals surface area contributed by atoms with Crippen LogP contribution in [-0.4, -0.2) is 11.6 Å². The smallest absolute Gasteiger partial charge is 0.250 e. The first-order valence-electron chi connectivity index (χ1n) is 6.17. The predicted molar refractivity (Wildman–Crippen MR) is 74.0 cm³/mol. The fourth-order valence-electron chi connectivity index (χ4n) is 1.76. The molecule has 0 amide bonds. The third kappa shape index (κ3) is 3.93. The summed E-state index contributed by atoms with van der Waals surface area (Å²) in [5.41, 5.74) is 1.66. The van der Waals surface area contributed by atoms with Crippen LogP contribution in [0.1, 0.15) is 17.5 Å². The van der Waals surface area contributed by atoms with Gasteiger partial charge in [-0.25, -0.2) is 9.37 Å². The largest absolute Gasteiger partial charge is 0.476 e. The van der Waals surface area contributed by atoms with Crippen molar-refractivity contribution in [1.82, 2.24) is 4.98 Å². The van der Waals surface area contributed by atoms with E-state index in [1.807, 2.05) is 18.2 Å². The summed E-state index contributed by atoms with van der Waals surface area (Å²) in [6, 6.07) is 11.7. The number of ether oxygens (including phenoxy) is 1. The molecule has 1 heterocycles. The van der Waals surface area contributed by atoms with E-state index in [0.717, 1.165) is 12.8 Å². The molecule has 0 fully saturated rings. The molecule has 0 aliphatic carbocycles. The number of alkyl halides is 1. The zero-order valence-corrected chi connectivity index (χ0v) is 11.2. The van der Waals surface area contributed by atoms with Crippen LogP contribution in [0.25, 0.3) is 0 Å². The monoisotopic (exact) mass is 279 g/mol. The van der Waals surface area contributed by atoms with Crippen molar-refractivity contribution < 1.29 is 9.13 Å². The molecule has 2 rings (SSSR count). The number of hydrogen-bond donors (Lipinski definition) is 0. The first-order chi connectivity index (χ1) is 9.31. The molecule has 0 spiro atoms. The number of rotatable bonds is 6. The molecule has 0 aliphatic rings. The Hall–Kier alpha value is -1.61. The van der Waals surface area contributed by atoms with Gasteiger partial charge in [-0.1, -0.05) is 30.3 Å². The summed E-state index contributed by atoms with van der Waals surface area (Å²) < 4.78 is 19.1. The minimum Gasteiger partial charge on any atom is -0.476 e. The van der Waals surface area contributed by atoms with E-state index in [2.05, 4.69) is 17.1 Å². The molecule has 1 aromatic heterocycles. The van der Waals surface area contributed by atoms with Crippen molar-refractivity contribution in [3.8, 4) is 5.88 Å². The highest BCUT2D eigenvalue weighted by atomic mass is 35.5. The number of aromatic nitrogens is 1. The van der Waals surface area contributed by atoms with Gasteiger partial charge in [0.2, 0.25) is 0 Å². The normalized spacial score (nSPS) is 10.4. The molecule has 100 valence electrons. The lowest BCUT2D eigenvalue weighted by Gasteiger charge is -2.07. The molecule has 0 atom stereocenters. The Kier molecular flexibility index (Phi) is 5.16. The molecular weight excluding hydrogens is 265 g/mol. The third-order valence-electron chi connectivity index (χ3n) is 2.77. The number of hydrogen-bond acceptors (Lipinski definition) is 2. The maximum Gasteiger partial charge on any atom is 0.250 e. The highest BCUT2D eigenvalue weighted by Crippen LogP contribution is 2.19. The van der Waals surface area contributed by atoms with E-state index in [9.17, 15) is 4.39 Å². The van der Waals surface area contributed by atoms with E-state index in [1.54, 1.807) is 6.07 Å². The average Bonchev–Trinajstić information content (AvgIpc) is 2.46. The third-order valence-corrected chi connectivity index (χ3v) is 3.06. The first-order valence-corrected chi connectivity index (χ1v) is 6.71. The van der Waals surface area contributed by atoms with Crippen molar-refractivity contribution in [3.05, 3.63) is 59.5 Å². The second-order valence-electron chi connectivity index (χ2n) is 4.16. The van der Waals surface area contributed by atoms with Crippen LogP contribution in [0.15, 0.2) is 42.6 Å². The summed E-state index contributed by atoms with van der Waals surface area (Å²) in [5.74, 6) is -0.308. The minimum absolute atomic E-state index is 0.0335. The lowest BCUT2D eigenvalue weighted by Crippen LogP contribution is -2.04. The molecule has 19 heavy (non-hydrogen) atoms. The Labute approximate surface area is 117 Å². The van der Waals surface area contributed by atoms with E-state index >= 15 is 0 Å². The zero-order valence-electron chi connectivity index (χ0n) is 10.5. The Balaban J connectivity index is 1.83. The van der Waals surface area contributed by atoms with Gasteiger partial charge >= 0.3 is 0 Å². The van der Waals surface area contributed by atoms with Gasteiger partial charge in [0.15, 0.2) is 5.82 Å². The van der Waals surface area contributed by atoms with E-state index in [4.69, 9.17) is 16.3 Å². The maximum absolute atomic E-state index is 13.8. The van der Waals surface area contributed by atoms with Crippen molar-refractivity contribution in [1.29, 1.82) is 0 Å². The molecular formula is C15H15ClFNO. The molecule has 0 radical (unpaired) electrons.